The maximum Gasteiger partial charge on any atom is 0.255 e. The Balaban J connectivity index is 1.55. The molecular weight excluding hydrogens is 465 g/mol. The molecule has 0 saturated heterocycles. The van der Waals surface area contributed by atoms with Crippen LogP contribution in [0.4, 0.5) is 24.8 Å². The SMILES string of the molecule is Cc1c(F)cc(NC(=O)c2cccc(-c3nn4ccsc4c3-c3ccnc(N)n3)c2)c(F)c1F. The molecule has 0 aliphatic rings. The highest BCUT2D eigenvalue weighted by atomic mass is 32.1. The Labute approximate surface area is 194 Å². The van der Waals surface area contributed by atoms with Gasteiger partial charge in [0.25, 0.3) is 5.91 Å². The predicted octanol–water partition coefficient (Wildman–Crippen LogP) is 5.08. The molecule has 0 aliphatic heterocycles. The number of nitrogen functional groups attached to an aromatic ring is 1. The summed E-state index contributed by atoms with van der Waals surface area (Å²) in [6, 6.07) is 8.88. The van der Waals surface area contributed by atoms with Crippen molar-refractivity contribution in [2.24, 2.45) is 0 Å². The fraction of sp³-hybridized carbons (Fsp3) is 0.0435. The molecule has 0 bridgehead atoms. The van der Waals surface area contributed by atoms with Crippen molar-refractivity contribution >= 4 is 33.7 Å². The van der Waals surface area contributed by atoms with Gasteiger partial charge in [-0.15, -0.1) is 11.3 Å². The van der Waals surface area contributed by atoms with Gasteiger partial charge < -0.3 is 11.1 Å². The van der Waals surface area contributed by atoms with Crippen LogP contribution >= 0.6 is 11.3 Å². The van der Waals surface area contributed by atoms with Crippen molar-refractivity contribution in [1.82, 2.24) is 19.6 Å². The number of nitrogens with two attached hydrogens (primary N) is 1. The molecule has 0 aliphatic carbocycles. The van der Waals surface area contributed by atoms with Crippen LogP contribution in [0.5, 0.6) is 0 Å². The van der Waals surface area contributed by atoms with E-state index in [1.807, 2.05) is 5.38 Å². The summed E-state index contributed by atoms with van der Waals surface area (Å²) in [7, 11) is 0. The first-order chi connectivity index (χ1) is 16.3. The number of halogens is 3. The van der Waals surface area contributed by atoms with E-state index in [1.165, 1.54) is 23.6 Å². The third-order valence-electron chi connectivity index (χ3n) is 5.21. The van der Waals surface area contributed by atoms with Gasteiger partial charge in [0.05, 0.1) is 16.9 Å². The van der Waals surface area contributed by atoms with E-state index in [2.05, 4.69) is 20.4 Å². The fourth-order valence-corrected chi connectivity index (χ4v) is 4.34. The molecule has 0 spiro atoms. The van der Waals surface area contributed by atoms with Crippen LogP contribution in [-0.2, 0) is 0 Å². The van der Waals surface area contributed by atoms with Crippen LogP contribution in [0.25, 0.3) is 27.3 Å². The molecule has 0 unspecified atom stereocenters. The minimum atomic E-state index is -1.35. The van der Waals surface area contributed by atoms with Gasteiger partial charge in [0, 0.05) is 40.5 Å². The molecule has 5 aromatic rings. The molecule has 5 rings (SSSR count). The summed E-state index contributed by atoms with van der Waals surface area (Å²) < 4.78 is 43.7. The summed E-state index contributed by atoms with van der Waals surface area (Å²) in [6.07, 6.45) is 3.33. The molecule has 0 saturated carbocycles. The van der Waals surface area contributed by atoms with Crippen LogP contribution in [0.15, 0.2) is 54.2 Å². The maximum absolute atomic E-state index is 14.2. The Morgan fingerprint density at radius 1 is 1.15 bits per heavy atom. The minimum absolute atomic E-state index is 0.104. The van der Waals surface area contributed by atoms with E-state index >= 15 is 0 Å². The Morgan fingerprint density at radius 2 is 1.97 bits per heavy atom. The van der Waals surface area contributed by atoms with E-state index in [-0.39, 0.29) is 11.5 Å². The first-order valence-corrected chi connectivity index (χ1v) is 10.8. The van der Waals surface area contributed by atoms with E-state index in [0.717, 1.165) is 17.8 Å². The van der Waals surface area contributed by atoms with Crippen molar-refractivity contribution in [3.63, 3.8) is 0 Å². The van der Waals surface area contributed by atoms with Crippen molar-refractivity contribution in [1.29, 1.82) is 0 Å². The first kappa shape index (κ1) is 21.6. The summed E-state index contributed by atoms with van der Waals surface area (Å²) in [6.45, 7) is 1.11. The number of amides is 1. The molecule has 3 N–H and O–H groups in total. The molecule has 7 nitrogen and oxygen atoms in total. The first-order valence-electron chi connectivity index (χ1n) is 9.94. The number of thiazole rings is 1. The lowest BCUT2D eigenvalue weighted by Crippen LogP contribution is -2.14. The molecular formula is C23H15F3N6OS. The van der Waals surface area contributed by atoms with Crippen LogP contribution in [0.3, 0.4) is 0 Å². The summed E-state index contributed by atoms with van der Waals surface area (Å²) >= 11 is 1.46. The minimum Gasteiger partial charge on any atom is -0.368 e. The summed E-state index contributed by atoms with van der Waals surface area (Å²) in [4.78, 5) is 21.8. The summed E-state index contributed by atoms with van der Waals surface area (Å²) in [5.74, 6) is -4.28. The summed E-state index contributed by atoms with van der Waals surface area (Å²) in [5.41, 5.74) is 7.24. The second-order valence-electron chi connectivity index (χ2n) is 7.37. The maximum atomic E-state index is 14.2. The van der Waals surface area contributed by atoms with Gasteiger partial charge in [0.15, 0.2) is 11.6 Å². The number of benzene rings is 2. The molecule has 170 valence electrons. The van der Waals surface area contributed by atoms with Crippen LogP contribution in [0, 0.1) is 24.4 Å². The predicted molar refractivity (Wildman–Crippen MR) is 123 cm³/mol. The standard InChI is InChI=1S/C23H15F3N6OS/c1-11-14(24)10-16(19(26)18(11)25)29-21(33)13-4-2-3-12(9-13)20-17(15-5-6-28-23(27)30-15)22-32(31-20)7-8-34-22/h2-10H,1H3,(H,29,33)(H2,27,28,30). The number of rotatable bonds is 4. The van der Waals surface area contributed by atoms with Crippen molar-refractivity contribution in [3.8, 4) is 22.5 Å². The number of carbonyl (C=O) groups is 1. The third kappa shape index (κ3) is 3.65. The Bertz CT molecular complexity index is 1580. The molecule has 2 aromatic carbocycles. The quantitative estimate of drug-likeness (QED) is 0.350. The van der Waals surface area contributed by atoms with Gasteiger partial charge in [-0.1, -0.05) is 12.1 Å². The number of nitrogens with one attached hydrogen (secondary N) is 1. The zero-order valence-corrected chi connectivity index (χ0v) is 18.3. The molecule has 0 fully saturated rings. The van der Waals surface area contributed by atoms with E-state index in [4.69, 9.17) is 5.73 Å². The largest absolute Gasteiger partial charge is 0.368 e. The van der Waals surface area contributed by atoms with E-state index in [0.29, 0.717) is 22.5 Å². The number of anilines is 2. The van der Waals surface area contributed by atoms with Gasteiger partial charge in [0.1, 0.15) is 16.3 Å². The Hall–Kier alpha value is -4.25. The van der Waals surface area contributed by atoms with Crippen LogP contribution < -0.4 is 11.1 Å². The number of carbonyl (C=O) groups excluding carboxylic acids is 1. The molecule has 0 atom stereocenters. The Kier molecular flexibility index (Phi) is 5.25. The number of hydrogen-bond acceptors (Lipinski definition) is 6. The number of hydrogen-bond donors (Lipinski definition) is 2. The third-order valence-corrected chi connectivity index (χ3v) is 6.08. The lowest BCUT2D eigenvalue weighted by molar-refractivity contribution is 0.102. The van der Waals surface area contributed by atoms with Crippen molar-refractivity contribution in [2.45, 2.75) is 6.92 Å². The van der Waals surface area contributed by atoms with Gasteiger partial charge >= 0.3 is 0 Å². The van der Waals surface area contributed by atoms with Gasteiger partial charge in [-0.05, 0) is 25.1 Å². The average molecular weight is 480 g/mol. The smallest absolute Gasteiger partial charge is 0.255 e. The number of nitrogens with zero attached hydrogens (tertiary/aromatic N) is 4. The van der Waals surface area contributed by atoms with Crippen molar-refractivity contribution < 1.29 is 18.0 Å². The highest BCUT2D eigenvalue weighted by Crippen LogP contribution is 2.36. The monoisotopic (exact) mass is 480 g/mol. The number of fused-ring (bicyclic) bond motifs is 1. The molecule has 0 radical (unpaired) electrons. The highest BCUT2D eigenvalue weighted by Gasteiger charge is 2.21. The lowest BCUT2D eigenvalue weighted by atomic mass is 10.0. The average Bonchev–Trinajstić information content (AvgIpc) is 3.42. The normalized spacial score (nSPS) is 11.2. The fourth-order valence-electron chi connectivity index (χ4n) is 3.51. The molecule has 11 heteroatoms. The van der Waals surface area contributed by atoms with Crippen LogP contribution in [-0.4, -0.2) is 25.5 Å². The van der Waals surface area contributed by atoms with E-state index < -0.39 is 34.6 Å². The zero-order valence-electron chi connectivity index (χ0n) is 17.5. The highest BCUT2D eigenvalue weighted by molar-refractivity contribution is 7.16. The Morgan fingerprint density at radius 3 is 2.76 bits per heavy atom. The van der Waals surface area contributed by atoms with Gasteiger partial charge in [-0.2, -0.15) is 5.10 Å². The van der Waals surface area contributed by atoms with Crippen molar-refractivity contribution in [3.05, 3.63) is 82.8 Å². The van der Waals surface area contributed by atoms with Crippen LogP contribution in [0.2, 0.25) is 0 Å². The lowest BCUT2D eigenvalue weighted by Gasteiger charge is -2.10. The van der Waals surface area contributed by atoms with E-state index in [9.17, 15) is 18.0 Å². The molecule has 1 amide bonds. The van der Waals surface area contributed by atoms with Gasteiger partial charge in [0.2, 0.25) is 5.95 Å². The van der Waals surface area contributed by atoms with Crippen LogP contribution in [0.1, 0.15) is 15.9 Å². The topological polar surface area (TPSA) is 98.2 Å². The zero-order chi connectivity index (χ0) is 24.0. The van der Waals surface area contributed by atoms with Gasteiger partial charge in [-0.3, -0.25) is 4.79 Å². The summed E-state index contributed by atoms with van der Waals surface area (Å²) in [5, 5.41) is 8.72. The molecule has 3 heterocycles. The second kappa shape index (κ2) is 8.27. The molecule has 3 aromatic heterocycles. The van der Waals surface area contributed by atoms with Gasteiger partial charge in [-0.25, -0.2) is 27.7 Å². The van der Waals surface area contributed by atoms with Crippen molar-refractivity contribution in [2.75, 3.05) is 11.1 Å². The molecule has 34 heavy (non-hydrogen) atoms. The number of aromatic nitrogens is 4. The van der Waals surface area contributed by atoms with E-state index in [1.54, 1.807) is 35.0 Å². The second-order valence-corrected chi connectivity index (χ2v) is 8.26.